The lowest BCUT2D eigenvalue weighted by atomic mass is 10.2. The molecule has 3 aromatic heterocycles. The first-order chi connectivity index (χ1) is 13.8. The van der Waals surface area contributed by atoms with Crippen LogP contribution in [0.15, 0.2) is 40.4 Å². The van der Waals surface area contributed by atoms with E-state index in [9.17, 15) is 9.59 Å². The van der Waals surface area contributed by atoms with Crippen molar-refractivity contribution in [2.75, 3.05) is 7.11 Å². The third kappa shape index (κ3) is 2.56. The molecule has 0 fully saturated rings. The number of fused-ring (bicyclic) bond motifs is 3. The second-order valence-electron chi connectivity index (χ2n) is 6.79. The van der Waals surface area contributed by atoms with Crippen LogP contribution in [0.3, 0.4) is 0 Å². The monoisotopic (exact) mass is 413 g/mol. The molecule has 0 saturated heterocycles. The van der Waals surface area contributed by atoms with Crippen molar-refractivity contribution in [2.45, 2.75) is 20.4 Å². The average molecular weight is 414 g/mol. The van der Waals surface area contributed by atoms with Crippen molar-refractivity contribution in [3.05, 3.63) is 68.1 Å². The molecule has 0 aliphatic rings. The molecule has 3 heterocycles. The third-order valence-electron chi connectivity index (χ3n) is 5.22. The highest BCUT2D eigenvalue weighted by atomic mass is 35.5. The maximum absolute atomic E-state index is 13.1. The molecule has 0 aliphatic heterocycles. The summed E-state index contributed by atoms with van der Waals surface area (Å²) in [5.41, 5.74) is 2.36. The first kappa shape index (κ1) is 19.1. The smallest absolute Gasteiger partial charge is 0.332 e. The molecule has 0 aliphatic carbocycles. The molecular formula is C20H20ClN5O3. The Morgan fingerprint density at radius 1 is 1.24 bits per heavy atom. The number of aryl methyl sites for hydroxylation is 2. The van der Waals surface area contributed by atoms with Gasteiger partial charge in [0.25, 0.3) is 5.56 Å². The summed E-state index contributed by atoms with van der Waals surface area (Å²) in [5, 5.41) is 0.464. The average Bonchev–Trinajstić information content (AvgIpc) is 3.19. The number of benzene rings is 1. The van der Waals surface area contributed by atoms with E-state index in [0.29, 0.717) is 27.7 Å². The maximum atomic E-state index is 13.1. The number of aromatic nitrogens is 5. The van der Waals surface area contributed by atoms with Gasteiger partial charge in [-0.1, -0.05) is 17.7 Å². The molecule has 0 spiro atoms. The van der Waals surface area contributed by atoms with E-state index in [2.05, 4.69) is 11.6 Å². The highest BCUT2D eigenvalue weighted by Crippen LogP contribution is 2.30. The molecule has 0 unspecified atom stereocenters. The largest absolute Gasteiger partial charge is 0.495 e. The summed E-state index contributed by atoms with van der Waals surface area (Å²) in [6.07, 6.45) is 1.52. The summed E-state index contributed by atoms with van der Waals surface area (Å²) < 4.78 is 11.5. The number of ether oxygens (including phenoxy) is 1. The van der Waals surface area contributed by atoms with Gasteiger partial charge in [-0.2, -0.15) is 4.98 Å². The molecule has 9 heteroatoms. The van der Waals surface area contributed by atoms with Gasteiger partial charge in [0.1, 0.15) is 5.75 Å². The van der Waals surface area contributed by atoms with E-state index in [-0.39, 0.29) is 6.54 Å². The Morgan fingerprint density at radius 3 is 2.59 bits per heavy atom. The summed E-state index contributed by atoms with van der Waals surface area (Å²) in [6.45, 7) is 7.62. The Balaban J connectivity index is 2.16. The van der Waals surface area contributed by atoms with Gasteiger partial charge in [0.15, 0.2) is 11.2 Å². The summed E-state index contributed by atoms with van der Waals surface area (Å²) in [6, 6.07) is 5.42. The quantitative estimate of drug-likeness (QED) is 0.482. The lowest BCUT2D eigenvalue weighted by Crippen LogP contribution is -2.39. The number of imidazole rings is 2. The molecular weight excluding hydrogens is 394 g/mol. The van der Waals surface area contributed by atoms with Gasteiger partial charge in [-0.15, -0.1) is 6.58 Å². The topological polar surface area (TPSA) is 75.5 Å². The van der Waals surface area contributed by atoms with E-state index in [4.69, 9.17) is 16.3 Å². The number of methoxy groups -OCH3 is 1. The van der Waals surface area contributed by atoms with Crippen LogP contribution in [0, 0.1) is 13.8 Å². The van der Waals surface area contributed by atoms with Crippen LogP contribution >= 0.6 is 11.6 Å². The predicted molar refractivity (Wildman–Crippen MR) is 113 cm³/mol. The molecule has 0 saturated carbocycles. The summed E-state index contributed by atoms with van der Waals surface area (Å²) in [5.74, 6) is 1.09. The van der Waals surface area contributed by atoms with Gasteiger partial charge in [-0.05, 0) is 32.0 Å². The van der Waals surface area contributed by atoms with E-state index in [1.54, 1.807) is 30.7 Å². The Labute approximate surface area is 170 Å². The number of allylic oxidation sites excluding steroid dienone is 1. The van der Waals surface area contributed by atoms with Crippen LogP contribution in [0.1, 0.15) is 11.4 Å². The van der Waals surface area contributed by atoms with Crippen LogP contribution in [0.4, 0.5) is 0 Å². The first-order valence-electron chi connectivity index (χ1n) is 8.96. The predicted octanol–water partition coefficient (Wildman–Crippen LogP) is 2.60. The van der Waals surface area contributed by atoms with Crippen molar-refractivity contribution in [1.29, 1.82) is 0 Å². The molecule has 1 aromatic carbocycles. The van der Waals surface area contributed by atoms with Gasteiger partial charge in [-0.3, -0.25) is 22.9 Å². The van der Waals surface area contributed by atoms with Crippen molar-refractivity contribution >= 4 is 28.5 Å². The van der Waals surface area contributed by atoms with Crippen molar-refractivity contribution < 1.29 is 4.74 Å². The standard InChI is InChI=1S/C20H20ClN5O3/c1-6-9-24-18(27)16-17(23(4)20(24)28)22-19-25(11(2)12(3)26(16)19)13-7-8-15(29-5)14(21)10-13/h6-8,10H,1,9H2,2-5H3. The van der Waals surface area contributed by atoms with Gasteiger partial charge in [0.05, 0.1) is 17.8 Å². The number of hydrogen-bond donors (Lipinski definition) is 0. The molecule has 0 amide bonds. The molecule has 0 radical (unpaired) electrons. The summed E-state index contributed by atoms with van der Waals surface area (Å²) in [4.78, 5) is 30.4. The third-order valence-corrected chi connectivity index (χ3v) is 5.52. The lowest BCUT2D eigenvalue weighted by Gasteiger charge is -2.09. The Kier molecular flexibility index (Phi) is 4.38. The van der Waals surface area contributed by atoms with Crippen LogP contribution in [-0.2, 0) is 13.6 Å². The van der Waals surface area contributed by atoms with Gasteiger partial charge in [0, 0.05) is 25.0 Å². The molecule has 29 heavy (non-hydrogen) atoms. The SMILES string of the molecule is C=CCn1c(=O)c2c(nc3n(-c4ccc(OC)c(Cl)c4)c(C)c(C)n23)n(C)c1=O. The second kappa shape index (κ2) is 6.66. The summed E-state index contributed by atoms with van der Waals surface area (Å²) >= 11 is 6.32. The molecule has 8 nitrogen and oxygen atoms in total. The molecule has 4 aromatic rings. The van der Waals surface area contributed by atoms with Crippen molar-refractivity contribution in [2.24, 2.45) is 7.05 Å². The van der Waals surface area contributed by atoms with Gasteiger partial charge in [0.2, 0.25) is 5.78 Å². The zero-order valence-corrected chi connectivity index (χ0v) is 17.3. The molecule has 0 atom stereocenters. The fraction of sp³-hybridized carbons (Fsp3) is 0.250. The van der Waals surface area contributed by atoms with E-state index >= 15 is 0 Å². The van der Waals surface area contributed by atoms with Crippen LogP contribution < -0.4 is 16.0 Å². The molecule has 4 rings (SSSR count). The van der Waals surface area contributed by atoms with Crippen molar-refractivity contribution in [3.63, 3.8) is 0 Å². The van der Waals surface area contributed by atoms with Crippen LogP contribution in [-0.4, -0.2) is 30.2 Å². The number of halogens is 1. The Hall–Kier alpha value is -3.26. The lowest BCUT2D eigenvalue weighted by molar-refractivity contribution is 0.415. The zero-order valence-electron chi connectivity index (χ0n) is 16.6. The highest BCUT2D eigenvalue weighted by Gasteiger charge is 2.23. The molecule has 150 valence electrons. The van der Waals surface area contributed by atoms with Gasteiger partial charge in [-0.25, -0.2) is 4.79 Å². The minimum atomic E-state index is -0.434. The normalized spacial score (nSPS) is 11.5. The number of hydrogen-bond acceptors (Lipinski definition) is 4. The maximum Gasteiger partial charge on any atom is 0.332 e. The first-order valence-corrected chi connectivity index (χ1v) is 9.34. The number of rotatable bonds is 4. The van der Waals surface area contributed by atoms with Crippen molar-refractivity contribution in [1.82, 2.24) is 23.1 Å². The zero-order chi connectivity index (χ0) is 21.0. The minimum Gasteiger partial charge on any atom is -0.495 e. The fourth-order valence-corrected chi connectivity index (χ4v) is 3.90. The Bertz CT molecular complexity index is 1420. The van der Waals surface area contributed by atoms with E-state index in [1.807, 2.05) is 24.5 Å². The van der Waals surface area contributed by atoms with Gasteiger partial charge < -0.3 is 4.74 Å². The van der Waals surface area contributed by atoms with E-state index < -0.39 is 11.2 Å². The molecule has 0 bridgehead atoms. The minimum absolute atomic E-state index is 0.126. The van der Waals surface area contributed by atoms with Gasteiger partial charge >= 0.3 is 5.69 Å². The fourth-order valence-electron chi connectivity index (χ4n) is 3.64. The van der Waals surface area contributed by atoms with Crippen LogP contribution in [0.5, 0.6) is 5.75 Å². The van der Waals surface area contributed by atoms with E-state index in [0.717, 1.165) is 21.6 Å². The number of nitrogens with zero attached hydrogens (tertiary/aromatic N) is 5. The van der Waals surface area contributed by atoms with Crippen molar-refractivity contribution in [3.8, 4) is 11.4 Å². The van der Waals surface area contributed by atoms with E-state index in [1.165, 1.54) is 10.6 Å². The highest BCUT2D eigenvalue weighted by molar-refractivity contribution is 6.32. The Morgan fingerprint density at radius 2 is 1.97 bits per heavy atom. The molecule has 0 N–H and O–H groups in total. The van der Waals surface area contributed by atoms with Crippen LogP contribution in [0.2, 0.25) is 5.02 Å². The summed E-state index contributed by atoms with van der Waals surface area (Å²) in [7, 11) is 3.16. The van der Waals surface area contributed by atoms with Crippen LogP contribution in [0.25, 0.3) is 22.6 Å². The second-order valence-corrected chi connectivity index (χ2v) is 7.20.